The highest BCUT2D eigenvalue weighted by atomic mass is 31.2. The van der Waals surface area contributed by atoms with E-state index in [9.17, 15) is 14.5 Å². The Morgan fingerprint density at radius 1 is 1.15 bits per heavy atom. The second-order valence-electron chi connectivity index (χ2n) is 5.67. The summed E-state index contributed by atoms with van der Waals surface area (Å²) < 4.78 is 23.6. The zero-order chi connectivity index (χ0) is 15.9. The summed E-state index contributed by atoms with van der Waals surface area (Å²) in [5.41, 5.74) is 0. The maximum atomic E-state index is 12.7. The van der Waals surface area contributed by atoms with Crippen molar-refractivity contribution in [2.75, 3.05) is 6.16 Å². The van der Waals surface area contributed by atoms with Crippen molar-refractivity contribution in [3.63, 3.8) is 0 Å². The smallest absolute Gasteiger partial charge is 0.331 e. The number of carbonyl (C=O) groups is 1. The van der Waals surface area contributed by atoms with Crippen LogP contribution in [0.5, 0.6) is 0 Å². The molecular weight excluding hydrogens is 279 g/mol. The largest absolute Gasteiger partial charge is 0.392 e. The Hall–Kier alpha value is -0.220. The van der Waals surface area contributed by atoms with E-state index in [2.05, 4.69) is 0 Å². The van der Waals surface area contributed by atoms with Crippen LogP contribution in [0.25, 0.3) is 0 Å². The molecule has 0 radical (unpaired) electrons. The van der Waals surface area contributed by atoms with Crippen LogP contribution in [0.15, 0.2) is 0 Å². The van der Waals surface area contributed by atoms with E-state index < -0.39 is 19.6 Å². The van der Waals surface area contributed by atoms with E-state index in [4.69, 9.17) is 9.05 Å². The number of Topliss-reactive ketones (excluding diaryl/α,β-unsaturated/α-hetero) is 1. The van der Waals surface area contributed by atoms with E-state index in [1.165, 1.54) is 6.92 Å². The van der Waals surface area contributed by atoms with E-state index in [-0.39, 0.29) is 24.2 Å². The lowest BCUT2D eigenvalue weighted by Gasteiger charge is -2.27. The first-order valence-corrected chi connectivity index (χ1v) is 8.98. The Bertz CT molecular complexity index is 326. The first kappa shape index (κ1) is 19.8. The molecule has 6 heteroatoms. The third-order valence-corrected chi connectivity index (χ3v) is 5.06. The van der Waals surface area contributed by atoms with Crippen LogP contribution in [0.1, 0.15) is 54.4 Å². The Kier molecular flexibility index (Phi) is 8.83. The van der Waals surface area contributed by atoms with Crippen LogP contribution >= 0.6 is 7.60 Å². The van der Waals surface area contributed by atoms with Crippen LogP contribution in [0.3, 0.4) is 0 Å². The molecule has 0 aliphatic rings. The van der Waals surface area contributed by atoms with Gasteiger partial charge in [0, 0.05) is 0 Å². The van der Waals surface area contributed by atoms with Gasteiger partial charge in [-0.3, -0.25) is 9.36 Å². The molecule has 0 aliphatic carbocycles. The summed E-state index contributed by atoms with van der Waals surface area (Å²) in [6.45, 7) is 10.4. The normalized spacial score (nSPS) is 15.7. The van der Waals surface area contributed by atoms with Crippen LogP contribution in [-0.4, -0.2) is 35.4 Å². The van der Waals surface area contributed by atoms with Gasteiger partial charge in [0.1, 0.15) is 5.78 Å². The summed E-state index contributed by atoms with van der Waals surface area (Å²) in [5, 5.41) is 10.1. The topological polar surface area (TPSA) is 72.8 Å². The summed E-state index contributed by atoms with van der Waals surface area (Å²) >= 11 is 0. The highest BCUT2D eigenvalue weighted by Gasteiger charge is 2.36. The van der Waals surface area contributed by atoms with Gasteiger partial charge >= 0.3 is 7.60 Å². The minimum Gasteiger partial charge on any atom is -0.392 e. The first-order chi connectivity index (χ1) is 9.11. The van der Waals surface area contributed by atoms with Gasteiger partial charge in [0.05, 0.1) is 30.4 Å². The molecule has 0 aromatic carbocycles. The lowest BCUT2D eigenvalue weighted by Crippen LogP contribution is -2.31. The fourth-order valence-electron chi connectivity index (χ4n) is 2.01. The molecule has 0 amide bonds. The molecule has 0 bridgehead atoms. The summed E-state index contributed by atoms with van der Waals surface area (Å²) in [5.74, 6) is -0.899. The van der Waals surface area contributed by atoms with E-state index in [0.29, 0.717) is 6.42 Å². The molecule has 2 atom stereocenters. The Labute approximate surface area is 122 Å². The summed E-state index contributed by atoms with van der Waals surface area (Å²) in [6, 6.07) is 0. The standard InChI is InChI=1S/C14H29O5P/c1-7-8-14(16)13(12(6)15)9-20(17,18-10(2)3)19-11(4)5/h10-11,13-14,16H,7-9H2,1-6H3/t13-,14+/m0/s1. The Morgan fingerprint density at radius 3 is 1.90 bits per heavy atom. The third-order valence-electron chi connectivity index (χ3n) is 2.73. The molecule has 1 N–H and O–H groups in total. The minimum atomic E-state index is -3.40. The third kappa shape index (κ3) is 7.53. The molecule has 0 rings (SSSR count). The van der Waals surface area contributed by atoms with Crippen molar-refractivity contribution in [3.05, 3.63) is 0 Å². The fourth-order valence-corrected chi connectivity index (χ4v) is 4.50. The summed E-state index contributed by atoms with van der Waals surface area (Å²) in [4.78, 5) is 11.7. The maximum Gasteiger partial charge on any atom is 0.331 e. The van der Waals surface area contributed by atoms with Gasteiger partial charge in [-0.15, -0.1) is 0 Å². The second-order valence-corrected chi connectivity index (χ2v) is 7.68. The van der Waals surface area contributed by atoms with Gasteiger partial charge in [-0.2, -0.15) is 0 Å². The molecular formula is C14H29O5P. The molecule has 0 heterocycles. The van der Waals surface area contributed by atoms with Crippen molar-refractivity contribution in [2.24, 2.45) is 5.92 Å². The fraction of sp³-hybridized carbons (Fsp3) is 0.929. The van der Waals surface area contributed by atoms with Crippen LogP contribution in [-0.2, 0) is 18.4 Å². The van der Waals surface area contributed by atoms with Crippen LogP contribution in [0.2, 0.25) is 0 Å². The van der Waals surface area contributed by atoms with Gasteiger partial charge in [-0.05, 0) is 41.0 Å². The molecule has 0 saturated carbocycles. The SMILES string of the molecule is CCC[C@@H](O)[C@@H](CP(=O)(OC(C)C)OC(C)C)C(C)=O. The molecule has 0 unspecified atom stereocenters. The molecule has 0 aliphatic heterocycles. The van der Waals surface area contributed by atoms with E-state index >= 15 is 0 Å². The zero-order valence-corrected chi connectivity index (χ0v) is 14.4. The molecule has 0 fully saturated rings. The zero-order valence-electron chi connectivity index (χ0n) is 13.5. The van der Waals surface area contributed by atoms with Gasteiger partial charge in [-0.25, -0.2) is 0 Å². The summed E-state index contributed by atoms with van der Waals surface area (Å²) in [7, 11) is -3.40. The Morgan fingerprint density at radius 2 is 1.60 bits per heavy atom. The van der Waals surface area contributed by atoms with E-state index in [1.54, 1.807) is 27.7 Å². The molecule has 5 nitrogen and oxygen atoms in total. The van der Waals surface area contributed by atoms with Crippen molar-refractivity contribution in [1.82, 2.24) is 0 Å². The predicted molar refractivity (Wildman–Crippen MR) is 80.0 cm³/mol. The van der Waals surface area contributed by atoms with Crippen LogP contribution in [0, 0.1) is 5.92 Å². The van der Waals surface area contributed by atoms with Gasteiger partial charge in [0.2, 0.25) is 0 Å². The molecule has 0 spiro atoms. The van der Waals surface area contributed by atoms with Gasteiger partial charge in [0.15, 0.2) is 0 Å². The quantitative estimate of drug-likeness (QED) is 0.626. The number of hydrogen-bond donors (Lipinski definition) is 1. The number of ketones is 1. The van der Waals surface area contributed by atoms with Crippen molar-refractivity contribution in [2.45, 2.75) is 72.7 Å². The number of carbonyl (C=O) groups excluding carboxylic acids is 1. The predicted octanol–water partition coefficient (Wildman–Crippen LogP) is 3.40. The van der Waals surface area contributed by atoms with Crippen molar-refractivity contribution in [3.8, 4) is 0 Å². The van der Waals surface area contributed by atoms with E-state index in [0.717, 1.165) is 6.42 Å². The number of aliphatic hydroxyl groups is 1. The summed E-state index contributed by atoms with van der Waals surface area (Å²) in [6.07, 6.45) is -0.165. The average molecular weight is 308 g/mol. The van der Waals surface area contributed by atoms with Crippen molar-refractivity contribution >= 4 is 13.4 Å². The average Bonchev–Trinajstić information content (AvgIpc) is 2.23. The molecule has 0 aromatic heterocycles. The molecule has 0 saturated heterocycles. The lowest BCUT2D eigenvalue weighted by atomic mass is 9.97. The second kappa shape index (κ2) is 8.93. The van der Waals surface area contributed by atoms with E-state index in [1.807, 2.05) is 6.92 Å². The Balaban J connectivity index is 5.07. The highest BCUT2D eigenvalue weighted by molar-refractivity contribution is 7.53. The molecule has 20 heavy (non-hydrogen) atoms. The van der Waals surface area contributed by atoms with Gasteiger partial charge in [0.25, 0.3) is 0 Å². The van der Waals surface area contributed by atoms with Crippen LogP contribution < -0.4 is 0 Å². The maximum absolute atomic E-state index is 12.7. The van der Waals surface area contributed by atoms with Crippen molar-refractivity contribution < 1.29 is 23.5 Å². The van der Waals surface area contributed by atoms with Crippen LogP contribution in [0.4, 0.5) is 0 Å². The van der Waals surface area contributed by atoms with Gasteiger partial charge < -0.3 is 14.2 Å². The number of hydrogen-bond acceptors (Lipinski definition) is 5. The molecule has 120 valence electrons. The minimum absolute atomic E-state index is 0.0696. The number of rotatable bonds is 10. The van der Waals surface area contributed by atoms with Crippen molar-refractivity contribution in [1.29, 1.82) is 0 Å². The number of aliphatic hydroxyl groups excluding tert-OH is 1. The molecule has 0 aromatic rings. The monoisotopic (exact) mass is 308 g/mol. The first-order valence-electron chi connectivity index (χ1n) is 7.25. The highest BCUT2D eigenvalue weighted by Crippen LogP contribution is 2.52. The lowest BCUT2D eigenvalue weighted by molar-refractivity contribution is -0.123. The van der Waals surface area contributed by atoms with Gasteiger partial charge in [-0.1, -0.05) is 13.3 Å².